The summed E-state index contributed by atoms with van der Waals surface area (Å²) in [6.07, 6.45) is 0. The first-order valence-corrected chi connectivity index (χ1v) is 15.0. The van der Waals surface area contributed by atoms with Crippen LogP contribution in [0.2, 0.25) is 0 Å². The molecule has 4 nitrogen and oxygen atoms in total. The molecule has 0 bridgehead atoms. The summed E-state index contributed by atoms with van der Waals surface area (Å²) in [5, 5.41) is 2.05. The number of nitrogens with zero attached hydrogens (tertiary/aromatic N) is 2. The van der Waals surface area contributed by atoms with E-state index < -0.39 is 0 Å². The van der Waals surface area contributed by atoms with E-state index in [9.17, 15) is 0 Å². The standard InChI is InChI=1S/C40H28N2O2/c1-40(2)31-17-10-9-16-28(31)29-21-20-27(22-32(29)40)42(26-14-7-4-8-15-26)34-18-11-19-35-38(34)30-23-33-37(24-36(30)43-35)44-39(41-33)25-12-5-3-6-13-25/h3-24H,1-2H3. The van der Waals surface area contributed by atoms with Crippen LogP contribution < -0.4 is 4.90 Å². The lowest BCUT2D eigenvalue weighted by Crippen LogP contribution is -2.16. The van der Waals surface area contributed by atoms with Crippen molar-refractivity contribution < 1.29 is 8.83 Å². The van der Waals surface area contributed by atoms with Crippen LogP contribution in [0.25, 0.3) is 55.6 Å². The molecule has 2 heterocycles. The van der Waals surface area contributed by atoms with E-state index >= 15 is 0 Å². The molecule has 0 fully saturated rings. The van der Waals surface area contributed by atoms with E-state index in [-0.39, 0.29) is 5.41 Å². The number of para-hydroxylation sites is 1. The second kappa shape index (κ2) is 9.19. The number of fused-ring (bicyclic) bond motifs is 7. The van der Waals surface area contributed by atoms with Gasteiger partial charge in [-0.3, -0.25) is 0 Å². The number of anilines is 3. The maximum Gasteiger partial charge on any atom is 0.227 e. The van der Waals surface area contributed by atoms with E-state index in [1.165, 1.54) is 22.3 Å². The van der Waals surface area contributed by atoms with E-state index in [1.807, 2.05) is 42.5 Å². The first-order valence-electron chi connectivity index (χ1n) is 15.0. The van der Waals surface area contributed by atoms with Gasteiger partial charge in [0.15, 0.2) is 5.58 Å². The Morgan fingerprint density at radius 3 is 2.16 bits per heavy atom. The molecular formula is C40H28N2O2. The minimum absolute atomic E-state index is 0.104. The van der Waals surface area contributed by atoms with Gasteiger partial charge < -0.3 is 13.7 Å². The second-order valence-corrected chi connectivity index (χ2v) is 12.0. The molecule has 210 valence electrons. The molecule has 0 N–H and O–H groups in total. The summed E-state index contributed by atoms with van der Waals surface area (Å²) >= 11 is 0. The molecule has 0 spiro atoms. The lowest BCUT2D eigenvalue weighted by atomic mass is 9.82. The van der Waals surface area contributed by atoms with E-state index in [1.54, 1.807) is 0 Å². The lowest BCUT2D eigenvalue weighted by Gasteiger charge is -2.28. The Kier molecular flexibility index (Phi) is 5.21. The van der Waals surface area contributed by atoms with Crippen molar-refractivity contribution in [2.45, 2.75) is 19.3 Å². The van der Waals surface area contributed by atoms with Crippen LogP contribution >= 0.6 is 0 Å². The number of oxazole rings is 1. The number of rotatable bonds is 4. The summed E-state index contributed by atoms with van der Waals surface area (Å²) in [7, 11) is 0. The van der Waals surface area contributed by atoms with Crippen LogP contribution in [-0.4, -0.2) is 4.98 Å². The molecule has 0 amide bonds. The maximum absolute atomic E-state index is 6.47. The van der Waals surface area contributed by atoms with Crippen molar-refractivity contribution in [1.82, 2.24) is 4.98 Å². The van der Waals surface area contributed by atoms with Crippen LogP contribution in [-0.2, 0) is 5.41 Å². The first-order chi connectivity index (χ1) is 21.6. The van der Waals surface area contributed by atoms with Gasteiger partial charge in [0.25, 0.3) is 0 Å². The van der Waals surface area contributed by atoms with Gasteiger partial charge in [-0.1, -0.05) is 86.6 Å². The maximum atomic E-state index is 6.47. The molecule has 1 aliphatic carbocycles. The molecule has 44 heavy (non-hydrogen) atoms. The van der Waals surface area contributed by atoms with Crippen molar-refractivity contribution in [3.8, 4) is 22.6 Å². The number of hydrogen-bond donors (Lipinski definition) is 0. The minimum atomic E-state index is -0.104. The second-order valence-electron chi connectivity index (χ2n) is 12.0. The summed E-state index contributed by atoms with van der Waals surface area (Å²) in [4.78, 5) is 7.21. The zero-order valence-corrected chi connectivity index (χ0v) is 24.4. The number of benzene rings is 6. The molecule has 0 saturated heterocycles. The quantitative estimate of drug-likeness (QED) is 0.212. The first kappa shape index (κ1) is 24.9. The normalized spacial score (nSPS) is 13.4. The van der Waals surface area contributed by atoms with Gasteiger partial charge in [0.05, 0.1) is 11.1 Å². The fourth-order valence-corrected chi connectivity index (χ4v) is 6.96. The number of hydrogen-bond acceptors (Lipinski definition) is 4. The molecule has 4 heteroatoms. The van der Waals surface area contributed by atoms with Crippen molar-refractivity contribution in [2.24, 2.45) is 0 Å². The minimum Gasteiger partial charge on any atom is -0.456 e. The molecule has 1 aliphatic rings. The average Bonchev–Trinajstić information content (AvgIpc) is 3.71. The molecule has 9 rings (SSSR count). The largest absolute Gasteiger partial charge is 0.456 e. The van der Waals surface area contributed by atoms with Gasteiger partial charge >= 0.3 is 0 Å². The summed E-state index contributed by atoms with van der Waals surface area (Å²) in [6, 6.07) is 46.6. The third-order valence-corrected chi connectivity index (χ3v) is 9.08. The van der Waals surface area contributed by atoms with Crippen molar-refractivity contribution >= 4 is 50.1 Å². The Hall–Kier alpha value is -5.61. The predicted octanol–water partition coefficient (Wildman–Crippen LogP) is 11.2. The highest BCUT2D eigenvalue weighted by Gasteiger charge is 2.36. The Morgan fingerprint density at radius 1 is 0.568 bits per heavy atom. The van der Waals surface area contributed by atoms with E-state index in [0.29, 0.717) is 11.5 Å². The van der Waals surface area contributed by atoms with Crippen LogP contribution in [0.3, 0.4) is 0 Å². The van der Waals surface area contributed by atoms with Crippen molar-refractivity contribution in [3.05, 3.63) is 145 Å². The van der Waals surface area contributed by atoms with Gasteiger partial charge in [0.2, 0.25) is 5.89 Å². The monoisotopic (exact) mass is 568 g/mol. The van der Waals surface area contributed by atoms with Gasteiger partial charge in [-0.25, -0.2) is 4.98 Å². The molecule has 0 unspecified atom stereocenters. The average molecular weight is 569 g/mol. The Balaban J connectivity index is 1.27. The van der Waals surface area contributed by atoms with Crippen LogP contribution in [0, 0.1) is 0 Å². The molecule has 8 aromatic rings. The van der Waals surface area contributed by atoms with Gasteiger partial charge in [-0.15, -0.1) is 0 Å². The Labute approximate surface area is 254 Å². The molecule has 0 saturated carbocycles. The third-order valence-electron chi connectivity index (χ3n) is 9.08. The molecule has 0 radical (unpaired) electrons. The predicted molar refractivity (Wildman–Crippen MR) is 179 cm³/mol. The van der Waals surface area contributed by atoms with Crippen molar-refractivity contribution in [3.63, 3.8) is 0 Å². The highest BCUT2D eigenvalue weighted by molar-refractivity contribution is 6.15. The van der Waals surface area contributed by atoms with Crippen LogP contribution in [0.15, 0.2) is 142 Å². The zero-order valence-electron chi connectivity index (χ0n) is 24.4. The van der Waals surface area contributed by atoms with Gasteiger partial charge in [-0.2, -0.15) is 0 Å². The zero-order chi connectivity index (χ0) is 29.4. The van der Waals surface area contributed by atoms with Crippen molar-refractivity contribution in [2.75, 3.05) is 4.90 Å². The summed E-state index contributed by atoms with van der Waals surface area (Å²) in [5.74, 6) is 0.602. The molecular weight excluding hydrogens is 540 g/mol. The summed E-state index contributed by atoms with van der Waals surface area (Å²) in [6.45, 7) is 4.65. The van der Waals surface area contributed by atoms with Crippen molar-refractivity contribution in [1.29, 1.82) is 0 Å². The lowest BCUT2D eigenvalue weighted by molar-refractivity contribution is 0.617. The summed E-state index contributed by atoms with van der Waals surface area (Å²) < 4.78 is 12.7. The van der Waals surface area contributed by atoms with Crippen LogP contribution in [0.1, 0.15) is 25.0 Å². The molecule has 0 atom stereocenters. The smallest absolute Gasteiger partial charge is 0.227 e. The van der Waals surface area contributed by atoms with Crippen LogP contribution in [0.4, 0.5) is 17.1 Å². The Morgan fingerprint density at radius 2 is 1.32 bits per heavy atom. The Bertz CT molecular complexity index is 2360. The van der Waals surface area contributed by atoms with Crippen LogP contribution in [0.5, 0.6) is 0 Å². The highest BCUT2D eigenvalue weighted by atomic mass is 16.4. The summed E-state index contributed by atoms with van der Waals surface area (Å²) in [5.41, 5.74) is 12.5. The third kappa shape index (κ3) is 3.61. The SMILES string of the molecule is CC1(C)c2ccccc2-c2ccc(N(c3ccccc3)c3cccc4oc5cc6oc(-c7ccccc7)nc6cc5c34)cc21. The fraction of sp³-hybridized carbons (Fsp3) is 0.0750. The fourth-order valence-electron chi connectivity index (χ4n) is 6.96. The van der Waals surface area contributed by atoms with Gasteiger partial charge in [0, 0.05) is 33.8 Å². The molecule has 2 aromatic heterocycles. The van der Waals surface area contributed by atoms with E-state index in [2.05, 4.69) is 110 Å². The van der Waals surface area contributed by atoms with E-state index in [4.69, 9.17) is 13.8 Å². The van der Waals surface area contributed by atoms with Gasteiger partial charge in [0.1, 0.15) is 16.7 Å². The number of aromatic nitrogens is 1. The van der Waals surface area contributed by atoms with E-state index in [0.717, 1.165) is 50.1 Å². The molecule has 0 aliphatic heterocycles. The van der Waals surface area contributed by atoms with Gasteiger partial charge in [-0.05, 0) is 76.9 Å². The molecule has 6 aromatic carbocycles. The number of furan rings is 1. The topological polar surface area (TPSA) is 42.4 Å². The highest BCUT2D eigenvalue weighted by Crippen LogP contribution is 2.51.